The van der Waals surface area contributed by atoms with E-state index in [1.807, 2.05) is 0 Å². The Morgan fingerprint density at radius 2 is 2.18 bits per heavy atom. The predicted molar refractivity (Wildman–Crippen MR) is 46.4 cm³/mol. The highest BCUT2D eigenvalue weighted by Gasteiger charge is 2.13. The van der Waals surface area contributed by atoms with E-state index < -0.39 is 0 Å². The van der Waals surface area contributed by atoms with Crippen molar-refractivity contribution in [3.63, 3.8) is 0 Å². The first-order valence-electron chi connectivity index (χ1n) is 4.31. The molecular formula is C9H17NO. The lowest BCUT2D eigenvalue weighted by molar-refractivity contribution is 0.119. The summed E-state index contributed by atoms with van der Waals surface area (Å²) in [5.41, 5.74) is 0. The molecule has 2 nitrogen and oxygen atoms in total. The molecule has 64 valence electrons. The molecule has 0 aromatic carbocycles. The minimum absolute atomic E-state index is 0.297. The molecule has 0 N–H and O–H groups in total. The Morgan fingerprint density at radius 3 is 2.73 bits per heavy atom. The highest BCUT2D eigenvalue weighted by molar-refractivity contribution is 4.69. The van der Waals surface area contributed by atoms with E-state index in [2.05, 4.69) is 18.4 Å². The maximum absolute atomic E-state index is 5.23. The number of nitrogens with zero attached hydrogens (tertiary/aromatic N) is 1. The Balaban J connectivity index is 2.12. The molecule has 0 aromatic rings. The second kappa shape index (κ2) is 4.39. The Morgan fingerprint density at radius 1 is 1.55 bits per heavy atom. The average Bonchev–Trinajstić information content (AvgIpc) is 2.40. The Labute approximate surface area is 68.8 Å². The van der Waals surface area contributed by atoms with Gasteiger partial charge in [0.25, 0.3) is 0 Å². The minimum Gasteiger partial charge on any atom is -0.498 e. The molecule has 1 heterocycles. The summed E-state index contributed by atoms with van der Waals surface area (Å²) in [6.07, 6.45) is 4.52. The van der Waals surface area contributed by atoms with Crippen molar-refractivity contribution in [1.29, 1.82) is 0 Å². The van der Waals surface area contributed by atoms with Crippen LogP contribution in [0.2, 0.25) is 0 Å². The van der Waals surface area contributed by atoms with Crippen LogP contribution in [0.4, 0.5) is 0 Å². The van der Waals surface area contributed by atoms with Crippen LogP contribution in [0.5, 0.6) is 0 Å². The van der Waals surface area contributed by atoms with Crippen molar-refractivity contribution in [1.82, 2.24) is 4.90 Å². The van der Waals surface area contributed by atoms with Gasteiger partial charge in [-0.25, -0.2) is 0 Å². The smallest absolute Gasteiger partial charge is 0.108 e. The van der Waals surface area contributed by atoms with E-state index in [9.17, 15) is 0 Å². The lowest BCUT2D eigenvalue weighted by Gasteiger charge is -2.19. The van der Waals surface area contributed by atoms with E-state index in [0.29, 0.717) is 6.10 Å². The molecule has 0 radical (unpaired) electrons. The molecule has 2 heteroatoms. The molecule has 1 aliphatic rings. The fourth-order valence-electron chi connectivity index (χ4n) is 1.54. The van der Waals surface area contributed by atoms with Gasteiger partial charge in [-0.15, -0.1) is 0 Å². The third kappa shape index (κ3) is 2.93. The van der Waals surface area contributed by atoms with Gasteiger partial charge in [0.2, 0.25) is 0 Å². The first-order valence-corrected chi connectivity index (χ1v) is 4.31. The molecule has 0 aliphatic carbocycles. The van der Waals surface area contributed by atoms with Crippen LogP contribution in [0, 0.1) is 0 Å². The summed E-state index contributed by atoms with van der Waals surface area (Å²) < 4.78 is 5.23. The van der Waals surface area contributed by atoms with Crippen molar-refractivity contribution in [2.45, 2.75) is 25.9 Å². The summed E-state index contributed by atoms with van der Waals surface area (Å²) in [6, 6.07) is 0. The van der Waals surface area contributed by atoms with Gasteiger partial charge in [0.15, 0.2) is 0 Å². The van der Waals surface area contributed by atoms with Gasteiger partial charge in [0.1, 0.15) is 6.10 Å². The summed E-state index contributed by atoms with van der Waals surface area (Å²) in [7, 11) is 0. The summed E-state index contributed by atoms with van der Waals surface area (Å²) >= 11 is 0. The zero-order chi connectivity index (χ0) is 8.10. The average molecular weight is 155 g/mol. The van der Waals surface area contributed by atoms with E-state index in [0.717, 1.165) is 6.54 Å². The maximum atomic E-state index is 5.23. The van der Waals surface area contributed by atoms with Gasteiger partial charge in [-0.2, -0.15) is 0 Å². The molecule has 1 saturated heterocycles. The van der Waals surface area contributed by atoms with E-state index in [1.54, 1.807) is 0 Å². The molecule has 0 amide bonds. The highest BCUT2D eigenvalue weighted by Crippen LogP contribution is 2.08. The van der Waals surface area contributed by atoms with Gasteiger partial charge in [0.05, 0.1) is 6.26 Å². The minimum atomic E-state index is 0.297. The van der Waals surface area contributed by atoms with E-state index >= 15 is 0 Å². The van der Waals surface area contributed by atoms with Gasteiger partial charge >= 0.3 is 0 Å². The molecule has 11 heavy (non-hydrogen) atoms. The van der Waals surface area contributed by atoms with Crippen LogP contribution >= 0.6 is 0 Å². The van der Waals surface area contributed by atoms with Crippen LogP contribution in [0.15, 0.2) is 12.8 Å². The van der Waals surface area contributed by atoms with Crippen molar-refractivity contribution < 1.29 is 4.74 Å². The largest absolute Gasteiger partial charge is 0.498 e. The van der Waals surface area contributed by atoms with E-state index in [1.165, 1.54) is 32.2 Å². The topological polar surface area (TPSA) is 12.5 Å². The predicted octanol–water partition coefficient (Wildman–Crippen LogP) is 1.63. The standard InChI is InChI=1S/C9H17NO/c1-3-11-9(2)8-10-6-4-5-7-10/h3,9H,1,4-8H2,2H3. The number of rotatable bonds is 4. The van der Waals surface area contributed by atoms with Crippen LogP contribution in [-0.4, -0.2) is 30.6 Å². The van der Waals surface area contributed by atoms with Gasteiger partial charge in [-0.1, -0.05) is 6.58 Å². The van der Waals surface area contributed by atoms with Crippen molar-refractivity contribution in [2.75, 3.05) is 19.6 Å². The number of hydrogen-bond donors (Lipinski definition) is 0. The van der Waals surface area contributed by atoms with E-state index in [-0.39, 0.29) is 0 Å². The first kappa shape index (κ1) is 8.60. The second-order valence-corrected chi connectivity index (χ2v) is 3.12. The van der Waals surface area contributed by atoms with Crippen LogP contribution in [0.3, 0.4) is 0 Å². The lowest BCUT2D eigenvalue weighted by atomic mass is 10.4. The number of likely N-dealkylation sites (tertiary alicyclic amines) is 1. The van der Waals surface area contributed by atoms with Crippen LogP contribution in [-0.2, 0) is 4.74 Å². The molecule has 1 unspecified atom stereocenters. The third-order valence-electron chi connectivity index (χ3n) is 2.04. The summed E-state index contributed by atoms with van der Waals surface area (Å²) in [5.74, 6) is 0. The zero-order valence-corrected chi connectivity index (χ0v) is 7.25. The Kier molecular flexibility index (Phi) is 3.43. The lowest BCUT2D eigenvalue weighted by Crippen LogP contribution is -2.28. The van der Waals surface area contributed by atoms with Crippen molar-refractivity contribution in [3.05, 3.63) is 12.8 Å². The Hall–Kier alpha value is -0.500. The van der Waals surface area contributed by atoms with Crippen molar-refractivity contribution >= 4 is 0 Å². The van der Waals surface area contributed by atoms with Gasteiger partial charge < -0.3 is 4.74 Å². The zero-order valence-electron chi connectivity index (χ0n) is 7.25. The van der Waals surface area contributed by atoms with Crippen LogP contribution < -0.4 is 0 Å². The molecule has 0 saturated carbocycles. The van der Waals surface area contributed by atoms with Gasteiger partial charge in [-0.05, 0) is 32.9 Å². The SMILES string of the molecule is C=COC(C)CN1CCCC1. The quantitative estimate of drug-likeness (QED) is 0.572. The molecular weight excluding hydrogens is 138 g/mol. The van der Waals surface area contributed by atoms with Gasteiger partial charge in [0, 0.05) is 6.54 Å². The monoisotopic (exact) mass is 155 g/mol. The first-order chi connectivity index (χ1) is 5.33. The molecule has 0 bridgehead atoms. The molecule has 1 atom stereocenters. The fourth-order valence-corrected chi connectivity index (χ4v) is 1.54. The van der Waals surface area contributed by atoms with E-state index in [4.69, 9.17) is 4.74 Å². The molecule has 1 fully saturated rings. The highest BCUT2D eigenvalue weighted by atomic mass is 16.5. The molecule has 1 rings (SSSR count). The van der Waals surface area contributed by atoms with Crippen LogP contribution in [0.1, 0.15) is 19.8 Å². The summed E-state index contributed by atoms with van der Waals surface area (Å²) in [4.78, 5) is 2.44. The third-order valence-corrected chi connectivity index (χ3v) is 2.04. The summed E-state index contributed by atoms with van der Waals surface area (Å²) in [5, 5.41) is 0. The second-order valence-electron chi connectivity index (χ2n) is 3.12. The molecule has 1 aliphatic heterocycles. The number of hydrogen-bond acceptors (Lipinski definition) is 2. The van der Waals surface area contributed by atoms with Crippen molar-refractivity contribution in [3.8, 4) is 0 Å². The molecule has 0 spiro atoms. The Bertz CT molecular complexity index is 119. The normalized spacial score (nSPS) is 21.5. The fraction of sp³-hybridized carbons (Fsp3) is 0.778. The van der Waals surface area contributed by atoms with Crippen molar-refractivity contribution in [2.24, 2.45) is 0 Å². The van der Waals surface area contributed by atoms with Gasteiger partial charge in [-0.3, -0.25) is 4.90 Å². The summed E-state index contributed by atoms with van der Waals surface area (Å²) in [6.45, 7) is 9.15. The van der Waals surface area contributed by atoms with Crippen LogP contribution in [0.25, 0.3) is 0 Å². The maximum Gasteiger partial charge on any atom is 0.108 e. The molecule has 0 aromatic heterocycles. The number of ether oxygens (including phenoxy) is 1.